The first-order chi connectivity index (χ1) is 13.8. The summed E-state index contributed by atoms with van der Waals surface area (Å²) in [6, 6.07) is 7.67. The quantitative estimate of drug-likeness (QED) is 0.0958. The van der Waals surface area contributed by atoms with Crippen LogP contribution in [-0.4, -0.2) is 15.9 Å². The minimum Gasteiger partial charge on any atom is -0.361 e. The van der Waals surface area contributed by atoms with Crippen molar-refractivity contribution in [3.05, 3.63) is 27.8 Å². The number of rotatable bonds is 15. The fraction of sp³-hybridized carbons (Fsp3) is 0.682. The predicted molar refractivity (Wildman–Crippen MR) is 136 cm³/mol. The highest BCUT2D eigenvalue weighted by Gasteiger charge is 2.34. The van der Waals surface area contributed by atoms with E-state index in [4.69, 9.17) is 34.8 Å². The molecule has 0 saturated carbocycles. The Balaban J connectivity index is 2.21. The summed E-state index contributed by atoms with van der Waals surface area (Å²) in [5.74, 6) is -0.101. The standard InChI is InChI=1S/C22H34Cl3IN2O/c1-2-3-4-5-6-7-8-9-10-11-12-17-20(29)28-21(22(23,24)25)27-19-16-14-13-15-18(19)26/h13-16,21,27H,2-12,17H2,1H3,(H,28,29)/t21-/m1/s1. The maximum Gasteiger partial charge on any atom is 0.228 e. The second-order valence-electron chi connectivity index (χ2n) is 7.45. The molecule has 0 bridgehead atoms. The molecule has 2 N–H and O–H groups in total. The lowest BCUT2D eigenvalue weighted by molar-refractivity contribution is -0.121. The van der Waals surface area contributed by atoms with Crippen molar-refractivity contribution in [1.82, 2.24) is 5.32 Å². The van der Waals surface area contributed by atoms with Crippen LogP contribution in [0.4, 0.5) is 5.69 Å². The highest BCUT2D eigenvalue weighted by Crippen LogP contribution is 2.32. The second kappa shape index (κ2) is 15.8. The number of amides is 1. The third-order valence-corrected chi connectivity index (χ3v) is 6.41. The van der Waals surface area contributed by atoms with Gasteiger partial charge in [0.1, 0.15) is 6.17 Å². The Bertz CT molecular complexity index is 581. The van der Waals surface area contributed by atoms with Gasteiger partial charge in [0.05, 0.1) is 0 Å². The highest BCUT2D eigenvalue weighted by molar-refractivity contribution is 14.1. The van der Waals surface area contributed by atoms with Crippen molar-refractivity contribution >= 4 is 69.0 Å². The van der Waals surface area contributed by atoms with Gasteiger partial charge in [-0.05, 0) is 41.1 Å². The van der Waals surface area contributed by atoms with Gasteiger partial charge < -0.3 is 10.6 Å². The van der Waals surface area contributed by atoms with Crippen LogP contribution in [0, 0.1) is 3.57 Å². The molecule has 0 unspecified atom stereocenters. The zero-order chi connectivity index (χ0) is 21.5. The van der Waals surface area contributed by atoms with Gasteiger partial charge in [-0.1, -0.05) is 118 Å². The Hall–Kier alpha value is 0.0900. The van der Waals surface area contributed by atoms with Gasteiger partial charge in [0.15, 0.2) is 0 Å². The van der Waals surface area contributed by atoms with Crippen LogP contribution in [0.15, 0.2) is 24.3 Å². The van der Waals surface area contributed by atoms with E-state index in [-0.39, 0.29) is 5.91 Å². The van der Waals surface area contributed by atoms with Crippen LogP contribution in [0.5, 0.6) is 0 Å². The zero-order valence-electron chi connectivity index (χ0n) is 17.3. The molecule has 7 heteroatoms. The number of alkyl halides is 3. The van der Waals surface area contributed by atoms with E-state index in [0.29, 0.717) is 6.42 Å². The summed E-state index contributed by atoms with van der Waals surface area (Å²) in [5, 5.41) is 5.94. The van der Waals surface area contributed by atoms with Gasteiger partial charge in [0, 0.05) is 15.7 Å². The minimum atomic E-state index is -1.65. The Morgan fingerprint density at radius 3 is 1.97 bits per heavy atom. The predicted octanol–water partition coefficient (Wildman–Crippen LogP) is 8.22. The Kier molecular flexibility index (Phi) is 14.8. The lowest BCUT2D eigenvalue weighted by atomic mass is 10.1. The Labute approximate surface area is 205 Å². The van der Waals surface area contributed by atoms with Gasteiger partial charge in [-0.2, -0.15) is 0 Å². The number of anilines is 1. The molecular formula is C22H34Cl3IN2O. The zero-order valence-corrected chi connectivity index (χ0v) is 21.7. The molecule has 0 fully saturated rings. The number of hydrogen-bond acceptors (Lipinski definition) is 2. The molecule has 0 spiro atoms. The van der Waals surface area contributed by atoms with Crippen molar-refractivity contribution in [2.24, 2.45) is 0 Å². The molecule has 1 amide bonds. The van der Waals surface area contributed by atoms with Crippen LogP contribution in [0.3, 0.4) is 0 Å². The van der Waals surface area contributed by atoms with E-state index in [1.54, 1.807) is 0 Å². The first-order valence-corrected chi connectivity index (χ1v) is 12.9. The second-order valence-corrected chi connectivity index (χ2v) is 11.0. The van der Waals surface area contributed by atoms with Gasteiger partial charge in [0.25, 0.3) is 0 Å². The lowest BCUT2D eigenvalue weighted by Gasteiger charge is -2.28. The van der Waals surface area contributed by atoms with Crippen molar-refractivity contribution in [2.75, 3.05) is 5.32 Å². The van der Waals surface area contributed by atoms with Crippen LogP contribution < -0.4 is 10.6 Å². The third-order valence-electron chi connectivity index (χ3n) is 4.81. The molecule has 1 atom stereocenters. The maximum atomic E-state index is 12.3. The highest BCUT2D eigenvalue weighted by atomic mass is 127. The van der Waals surface area contributed by atoms with Crippen LogP contribution in [0.25, 0.3) is 0 Å². The summed E-state index contributed by atoms with van der Waals surface area (Å²) in [6.07, 6.45) is 13.4. The minimum absolute atomic E-state index is 0.101. The number of hydrogen-bond donors (Lipinski definition) is 2. The summed E-state index contributed by atoms with van der Waals surface area (Å²) >= 11 is 20.4. The smallest absolute Gasteiger partial charge is 0.228 e. The Morgan fingerprint density at radius 1 is 0.931 bits per heavy atom. The molecule has 3 nitrogen and oxygen atoms in total. The van der Waals surface area contributed by atoms with E-state index in [1.807, 2.05) is 24.3 Å². The van der Waals surface area contributed by atoms with E-state index in [1.165, 1.54) is 57.8 Å². The van der Waals surface area contributed by atoms with Gasteiger partial charge in [-0.15, -0.1) is 0 Å². The van der Waals surface area contributed by atoms with Crippen molar-refractivity contribution in [3.8, 4) is 0 Å². The van der Waals surface area contributed by atoms with E-state index in [0.717, 1.165) is 22.1 Å². The van der Waals surface area contributed by atoms with Crippen molar-refractivity contribution in [2.45, 2.75) is 93.9 Å². The van der Waals surface area contributed by atoms with Crippen LogP contribution in [0.2, 0.25) is 0 Å². The number of carbonyl (C=O) groups excluding carboxylic acids is 1. The van der Waals surface area contributed by atoms with Gasteiger partial charge in [-0.3, -0.25) is 4.79 Å². The monoisotopic (exact) mass is 574 g/mol. The van der Waals surface area contributed by atoms with E-state index in [2.05, 4.69) is 40.1 Å². The average molecular weight is 576 g/mol. The van der Waals surface area contributed by atoms with E-state index in [9.17, 15) is 4.79 Å². The molecule has 29 heavy (non-hydrogen) atoms. The van der Waals surface area contributed by atoms with Gasteiger partial charge >= 0.3 is 0 Å². The van der Waals surface area contributed by atoms with Crippen LogP contribution in [0.1, 0.15) is 84.0 Å². The van der Waals surface area contributed by atoms with Crippen LogP contribution >= 0.6 is 57.4 Å². The number of nitrogens with one attached hydrogen (secondary N) is 2. The van der Waals surface area contributed by atoms with Crippen molar-refractivity contribution in [3.63, 3.8) is 0 Å². The fourth-order valence-electron chi connectivity index (χ4n) is 3.12. The number of halogens is 4. The fourth-order valence-corrected chi connectivity index (χ4v) is 3.99. The summed E-state index contributed by atoms with van der Waals surface area (Å²) in [5.41, 5.74) is 0.819. The first-order valence-electron chi connectivity index (χ1n) is 10.7. The van der Waals surface area contributed by atoms with Gasteiger partial charge in [-0.25, -0.2) is 0 Å². The molecule has 0 radical (unpaired) electrons. The molecule has 1 aromatic carbocycles. The van der Waals surface area contributed by atoms with Crippen molar-refractivity contribution in [1.29, 1.82) is 0 Å². The number of benzene rings is 1. The molecule has 0 heterocycles. The summed E-state index contributed by atoms with van der Waals surface area (Å²) in [4.78, 5) is 12.3. The molecule has 0 aliphatic heterocycles. The average Bonchev–Trinajstić information content (AvgIpc) is 2.66. The van der Waals surface area contributed by atoms with Crippen molar-refractivity contribution < 1.29 is 4.79 Å². The lowest BCUT2D eigenvalue weighted by Crippen LogP contribution is -2.49. The largest absolute Gasteiger partial charge is 0.361 e. The molecule has 0 aliphatic carbocycles. The number of para-hydroxylation sites is 1. The molecule has 0 aliphatic rings. The van der Waals surface area contributed by atoms with Crippen LogP contribution in [-0.2, 0) is 4.79 Å². The first kappa shape index (κ1) is 27.1. The summed E-state index contributed by atoms with van der Waals surface area (Å²) in [6.45, 7) is 2.25. The molecule has 0 saturated heterocycles. The van der Waals surface area contributed by atoms with E-state index >= 15 is 0 Å². The summed E-state index contributed by atoms with van der Waals surface area (Å²) in [7, 11) is 0. The summed E-state index contributed by atoms with van der Waals surface area (Å²) < 4.78 is -0.657. The van der Waals surface area contributed by atoms with E-state index < -0.39 is 9.96 Å². The molecular weight excluding hydrogens is 542 g/mol. The number of carbonyl (C=O) groups is 1. The SMILES string of the molecule is CCCCCCCCCCCCCC(=O)N[C@@H](Nc1ccccc1I)C(Cl)(Cl)Cl. The van der Waals surface area contributed by atoms with Gasteiger partial charge in [0.2, 0.25) is 9.70 Å². The molecule has 166 valence electrons. The number of unbranched alkanes of at least 4 members (excludes halogenated alkanes) is 10. The Morgan fingerprint density at radius 2 is 1.45 bits per heavy atom. The topological polar surface area (TPSA) is 41.1 Å². The molecule has 0 aromatic heterocycles. The molecule has 1 aromatic rings. The normalized spacial score (nSPS) is 12.6. The maximum absolute atomic E-state index is 12.3. The molecule has 1 rings (SSSR count). The third kappa shape index (κ3) is 13.2.